The van der Waals surface area contributed by atoms with E-state index in [1.807, 2.05) is 24.3 Å². The third-order valence-electron chi connectivity index (χ3n) is 9.79. The Balaban J connectivity index is 1.02. The minimum absolute atomic E-state index is 0.0561. The standard InChI is InChI=1S/C36H44N8O/c1-23(2)32(42-36-37-18-20-43(36)3)35(45)44-19-6-9-31(44)34-39-22-30(41-34)27-16-12-25(13-17-27)24-10-14-26(15-11-24)29-21-38-33(40-29)28-7-4-5-8-28/h10-17,21-23,28,31-32H,4-9,18-20H2,1-3H3,(H,37,42)(H,38,40)(H,39,41)/t31-,32-/m0/s1. The Labute approximate surface area is 265 Å². The highest BCUT2D eigenvalue weighted by Gasteiger charge is 2.37. The molecule has 2 atom stereocenters. The molecule has 1 amide bonds. The van der Waals surface area contributed by atoms with Gasteiger partial charge in [-0.3, -0.25) is 9.79 Å². The van der Waals surface area contributed by atoms with Crippen molar-refractivity contribution in [1.82, 2.24) is 35.1 Å². The first kappa shape index (κ1) is 29.3. The van der Waals surface area contributed by atoms with Crippen LogP contribution in [-0.2, 0) is 4.79 Å². The lowest BCUT2D eigenvalue weighted by molar-refractivity contribution is -0.135. The van der Waals surface area contributed by atoms with Gasteiger partial charge in [-0.15, -0.1) is 0 Å². The van der Waals surface area contributed by atoms with Crippen LogP contribution in [0.25, 0.3) is 33.6 Å². The van der Waals surface area contributed by atoms with Gasteiger partial charge >= 0.3 is 0 Å². The van der Waals surface area contributed by atoms with Crippen LogP contribution >= 0.6 is 0 Å². The van der Waals surface area contributed by atoms with E-state index in [2.05, 4.69) is 92.5 Å². The average Bonchev–Trinajstić information content (AvgIpc) is 3.90. The van der Waals surface area contributed by atoms with Crippen LogP contribution in [0.4, 0.5) is 0 Å². The van der Waals surface area contributed by atoms with Crippen molar-refractivity contribution in [3.63, 3.8) is 0 Å². The summed E-state index contributed by atoms with van der Waals surface area (Å²) in [5.74, 6) is 3.63. The SMILES string of the molecule is CC(C)[C@H](NC1=NCCN1C)C(=O)N1CCC[C@H]1c1ncc(-c2ccc(-c3ccc(-c4cnc(C5CCCC5)[nH]4)cc3)cc2)[nH]1. The number of imidazole rings is 2. The number of aromatic nitrogens is 4. The molecule has 45 heavy (non-hydrogen) atoms. The maximum Gasteiger partial charge on any atom is 0.246 e. The number of H-pyrrole nitrogens is 2. The number of carbonyl (C=O) groups is 1. The van der Waals surface area contributed by atoms with E-state index in [1.54, 1.807) is 0 Å². The predicted octanol–water partition coefficient (Wildman–Crippen LogP) is 6.37. The second-order valence-corrected chi connectivity index (χ2v) is 13.2. The second kappa shape index (κ2) is 12.5. The quantitative estimate of drug-likeness (QED) is 0.217. The lowest BCUT2D eigenvalue weighted by atomic mass is 10.0. The topological polar surface area (TPSA) is 105 Å². The number of benzene rings is 2. The summed E-state index contributed by atoms with van der Waals surface area (Å²) in [6.07, 6.45) is 10.8. The zero-order chi connectivity index (χ0) is 30.9. The van der Waals surface area contributed by atoms with Crippen molar-refractivity contribution in [2.24, 2.45) is 10.9 Å². The van der Waals surface area contributed by atoms with Gasteiger partial charge in [0.15, 0.2) is 5.96 Å². The van der Waals surface area contributed by atoms with E-state index in [4.69, 9.17) is 4.98 Å². The van der Waals surface area contributed by atoms with Crippen molar-refractivity contribution < 1.29 is 4.79 Å². The van der Waals surface area contributed by atoms with Gasteiger partial charge in [0.25, 0.3) is 0 Å². The fourth-order valence-corrected chi connectivity index (χ4v) is 7.06. The van der Waals surface area contributed by atoms with E-state index >= 15 is 0 Å². The Morgan fingerprint density at radius 1 is 0.800 bits per heavy atom. The van der Waals surface area contributed by atoms with Crippen LogP contribution in [0, 0.1) is 5.92 Å². The number of likely N-dealkylation sites (tertiary alicyclic amines) is 1. The Morgan fingerprint density at radius 3 is 1.96 bits per heavy atom. The maximum absolute atomic E-state index is 13.8. The lowest BCUT2D eigenvalue weighted by Crippen LogP contribution is -2.53. The van der Waals surface area contributed by atoms with Crippen LogP contribution < -0.4 is 5.32 Å². The molecular weight excluding hydrogens is 560 g/mol. The van der Waals surface area contributed by atoms with Crippen LogP contribution in [0.3, 0.4) is 0 Å². The van der Waals surface area contributed by atoms with Gasteiger partial charge in [-0.1, -0.05) is 75.2 Å². The van der Waals surface area contributed by atoms with Gasteiger partial charge in [0.05, 0.1) is 36.4 Å². The molecule has 4 aromatic rings. The van der Waals surface area contributed by atoms with Crippen molar-refractivity contribution in [3.05, 3.63) is 72.6 Å². The van der Waals surface area contributed by atoms with E-state index in [1.165, 1.54) is 36.8 Å². The number of amides is 1. The van der Waals surface area contributed by atoms with Crippen LogP contribution in [0.15, 0.2) is 65.9 Å². The summed E-state index contributed by atoms with van der Waals surface area (Å²) in [5.41, 5.74) is 6.62. The van der Waals surface area contributed by atoms with Crippen molar-refractivity contribution >= 4 is 11.9 Å². The minimum atomic E-state index is -0.324. The summed E-state index contributed by atoms with van der Waals surface area (Å²) in [4.78, 5) is 39.0. The molecule has 9 heteroatoms. The normalized spacial score (nSPS) is 19.5. The highest BCUT2D eigenvalue weighted by atomic mass is 16.2. The van der Waals surface area contributed by atoms with Crippen molar-refractivity contribution in [2.75, 3.05) is 26.7 Å². The Hall–Kier alpha value is -4.40. The Morgan fingerprint density at radius 2 is 1.38 bits per heavy atom. The highest BCUT2D eigenvalue weighted by molar-refractivity contribution is 5.90. The first-order chi connectivity index (χ1) is 21.9. The number of guanidine groups is 1. The molecule has 1 saturated heterocycles. The minimum Gasteiger partial charge on any atom is -0.344 e. The molecule has 2 aromatic carbocycles. The van der Waals surface area contributed by atoms with Gasteiger partial charge in [-0.25, -0.2) is 9.97 Å². The van der Waals surface area contributed by atoms with Crippen LogP contribution in [0.2, 0.25) is 0 Å². The van der Waals surface area contributed by atoms with Gasteiger partial charge in [-0.05, 0) is 53.9 Å². The maximum atomic E-state index is 13.8. The number of aliphatic imine (C=N–C) groups is 1. The largest absolute Gasteiger partial charge is 0.344 e. The Kier molecular flexibility index (Phi) is 8.17. The van der Waals surface area contributed by atoms with E-state index in [0.717, 1.165) is 72.6 Å². The molecule has 9 nitrogen and oxygen atoms in total. The molecule has 2 aromatic heterocycles. The van der Waals surface area contributed by atoms with Crippen molar-refractivity contribution in [1.29, 1.82) is 0 Å². The number of nitrogens with one attached hydrogen (secondary N) is 3. The molecule has 3 aliphatic rings. The third-order valence-corrected chi connectivity index (χ3v) is 9.79. The molecule has 1 saturated carbocycles. The summed E-state index contributed by atoms with van der Waals surface area (Å²) >= 11 is 0. The molecule has 0 unspecified atom stereocenters. The highest BCUT2D eigenvalue weighted by Crippen LogP contribution is 2.35. The number of aromatic amines is 2. The Bertz CT molecular complexity index is 1640. The van der Waals surface area contributed by atoms with E-state index in [-0.39, 0.29) is 23.9 Å². The fourth-order valence-electron chi connectivity index (χ4n) is 7.06. The molecule has 0 spiro atoms. The fraction of sp³-hybridized carbons (Fsp3) is 0.444. The molecule has 3 N–H and O–H groups in total. The molecule has 4 heterocycles. The number of rotatable bonds is 8. The summed E-state index contributed by atoms with van der Waals surface area (Å²) in [6, 6.07) is 16.9. The van der Waals surface area contributed by atoms with Gasteiger partial charge in [-0.2, -0.15) is 0 Å². The zero-order valence-corrected chi connectivity index (χ0v) is 26.6. The number of likely N-dealkylation sites (N-methyl/N-ethyl adjacent to an activating group) is 1. The number of carbonyl (C=O) groups excluding carboxylic acids is 1. The molecule has 1 aliphatic carbocycles. The molecule has 0 radical (unpaired) electrons. The van der Waals surface area contributed by atoms with Gasteiger partial charge in [0, 0.05) is 26.1 Å². The van der Waals surface area contributed by atoms with E-state index in [9.17, 15) is 4.79 Å². The number of hydrogen-bond acceptors (Lipinski definition) is 6. The van der Waals surface area contributed by atoms with Crippen LogP contribution in [0.5, 0.6) is 0 Å². The first-order valence-electron chi connectivity index (χ1n) is 16.6. The van der Waals surface area contributed by atoms with Crippen molar-refractivity contribution in [3.8, 4) is 33.6 Å². The van der Waals surface area contributed by atoms with Crippen LogP contribution in [-0.4, -0.2) is 74.3 Å². The zero-order valence-electron chi connectivity index (χ0n) is 26.6. The molecule has 2 aliphatic heterocycles. The average molecular weight is 605 g/mol. The van der Waals surface area contributed by atoms with Crippen molar-refractivity contribution in [2.45, 2.75) is 70.4 Å². The summed E-state index contributed by atoms with van der Waals surface area (Å²) in [5, 5.41) is 3.44. The number of nitrogens with zero attached hydrogens (tertiary/aromatic N) is 5. The van der Waals surface area contributed by atoms with E-state index in [0.29, 0.717) is 5.92 Å². The summed E-state index contributed by atoms with van der Waals surface area (Å²) in [6.45, 7) is 6.56. The molecule has 7 rings (SSSR count). The molecule has 234 valence electrons. The van der Waals surface area contributed by atoms with Crippen LogP contribution in [0.1, 0.15) is 76.0 Å². The third kappa shape index (κ3) is 6.00. The lowest BCUT2D eigenvalue weighted by Gasteiger charge is -2.31. The first-order valence-corrected chi connectivity index (χ1v) is 16.6. The van der Waals surface area contributed by atoms with E-state index < -0.39 is 0 Å². The molecular formula is C36H44N8O. The number of hydrogen-bond donors (Lipinski definition) is 3. The molecule has 2 fully saturated rings. The summed E-state index contributed by atoms with van der Waals surface area (Å²) in [7, 11) is 2.01. The predicted molar refractivity (Wildman–Crippen MR) is 179 cm³/mol. The van der Waals surface area contributed by atoms with Gasteiger partial charge in [0.2, 0.25) is 5.91 Å². The van der Waals surface area contributed by atoms with Gasteiger partial charge < -0.3 is 25.1 Å². The van der Waals surface area contributed by atoms with Gasteiger partial charge in [0.1, 0.15) is 17.7 Å². The molecule has 0 bridgehead atoms. The smallest absolute Gasteiger partial charge is 0.246 e. The summed E-state index contributed by atoms with van der Waals surface area (Å²) < 4.78 is 0. The second-order valence-electron chi connectivity index (χ2n) is 13.2. The monoisotopic (exact) mass is 604 g/mol.